The van der Waals surface area contributed by atoms with Gasteiger partial charge in [0.2, 0.25) is 0 Å². The van der Waals surface area contributed by atoms with Gasteiger partial charge in [-0.1, -0.05) is 6.08 Å². The highest BCUT2D eigenvalue weighted by atomic mass is 16.7. The van der Waals surface area contributed by atoms with Gasteiger partial charge < -0.3 is 18.9 Å². The minimum absolute atomic E-state index is 0.292. The number of hydrogen-bond acceptors (Lipinski definition) is 6. The van der Waals surface area contributed by atoms with Crippen molar-refractivity contribution in [2.75, 3.05) is 13.1 Å². The van der Waals surface area contributed by atoms with Crippen molar-refractivity contribution >= 4 is 24.2 Å². The molecular formula is C20H30BN3O4. The summed E-state index contributed by atoms with van der Waals surface area (Å²) in [6.07, 6.45) is 5.89. The first kappa shape index (κ1) is 20.8. The van der Waals surface area contributed by atoms with E-state index >= 15 is 0 Å². The van der Waals surface area contributed by atoms with Gasteiger partial charge in [0.1, 0.15) is 5.60 Å². The molecule has 2 aliphatic rings. The summed E-state index contributed by atoms with van der Waals surface area (Å²) in [5, 5.41) is 0. The smallest absolute Gasteiger partial charge is 0.444 e. The molecule has 152 valence electrons. The maximum absolute atomic E-state index is 12.2. The fraction of sp³-hybridized carbons (Fsp3) is 0.650. The average Bonchev–Trinajstić information content (AvgIpc) is 2.81. The fourth-order valence-corrected chi connectivity index (χ4v) is 2.97. The molecule has 2 aliphatic heterocycles. The van der Waals surface area contributed by atoms with E-state index in [1.54, 1.807) is 17.3 Å². The first-order valence-corrected chi connectivity index (χ1v) is 9.73. The first-order chi connectivity index (χ1) is 12.9. The molecule has 0 aromatic carbocycles. The quantitative estimate of drug-likeness (QED) is 0.727. The topological polar surface area (TPSA) is 73.8 Å². The monoisotopic (exact) mass is 387 g/mol. The van der Waals surface area contributed by atoms with Crippen LogP contribution >= 0.6 is 0 Å². The van der Waals surface area contributed by atoms with Crippen LogP contribution in [-0.4, -0.2) is 58.0 Å². The molecule has 3 rings (SSSR count). The summed E-state index contributed by atoms with van der Waals surface area (Å²) in [5.74, 6) is 0.670. The Morgan fingerprint density at radius 1 is 1.14 bits per heavy atom. The van der Waals surface area contributed by atoms with Crippen LogP contribution in [0.1, 0.15) is 60.7 Å². The standard InChI is InChI=1S/C20H30BN3O4/c1-18(2,3)26-17(25)24-10-8-14(9-11-24)16-22-12-15(13-23-16)21-27-19(4,5)20(6,7)28-21/h8,12-13H,9-11H2,1-7H3. The molecule has 0 N–H and O–H groups in total. The van der Waals surface area contributed by atoms with Crippen LogP contribution in [0.15, 0.2) is 18.5 Å². The molecule has 8 heteroatoms. The van der Waals surface area contributed by atoms with Gasteiger partial charge in [-0.05, 0) is 60.5 Å². The number of hydrogen-bond donors (Lipinski definition) is 0. The second-order valence-electron chi connectivity index (χ2n) is 9.33. The van der Waals surface area contributed by atoms with E-state index in [1.165, 1.54) is 0 Å². The van der Waals surface area contributed by atoms with Crippen LogP contribution in [0.25, 0.3) is 5.57 Å². The average molecular weight is 387 g/mol. The lowest BCUT2D eigenvalue weighted by atomic mass is 9.81. The zero-order chi connectivity index (χ0) is 20.7. The van der Waals surface area contributed by atoms with Gasteiger partial charge in [0.15, 0.2) is 5.82 Å². The molecule has 3 heterocycles. The van der Waals surface area contributed by atoms with Crippen molar-refractivity contribution in [3.63, 3.8) is 0 Å². The fourth-order valence-electron chi connectivity index (χ4n) is 2.97. The number of amides is 1. The second kappa shape index (κ2) is 7.15. The number of nitrogens with zero attached hydrogens (tertiary/aromatic N) is 3. The van der Waals surface area contributed by atoms with E-state index in [1.807, 2.05) is 54.5 Å². The summed E-state index contributed by atoms with van der Waals surface area (Å²) in [6, 6.07) is 0. The Morgan fingerprint density at radius 2 is 1.71 bits per heavy atom. The first-order valence-electron chi connectivity index (χ1n) is 9.73. The number of carbonyl (C=O) groups is 1. The SMILES string of the molecule is CC(C)(C)OC(=O)N1CC=C(c2ncc(B3OC(C)(C)C(C)(C)O3)cn2)CC1. The number of carbonyl (C=O) groups excluding carboxylic acids is 1. The van der Waals surface area contributed by atoms with Crippen molar-refractivity contribution in [2.45, 2.75) is 71.7 Å². The summed E-state index contributed by atoms with van der Waals surface area (Å²) in [5.41, 5.74) is 0.545. The Kier molecular flexibility index (Phi) is 5.31. The molecule has 0 spiro atoms. The predicted octanol–water partition coefficient (Wildman–Crippen LogP) is 2.80. The van der Waals surface area contributed by atoms with Gasteiger partial charge in [-0.15, -0.1) is 0 Å². The molecule has 7 nitrogen and oxygen atoms in total. The van der Waals surface area contributed by atoms with Gasteiger partial charge in [-0.3, -0.25) is 0 Å². The Hall–Kier alpha value is -1.93. The van der Waals surface area contributed by atoms with Gasteiger partial charge in [0, 0.05) is 30.9 Å². The van der Waals surface area contributed by atoms with Crippen LogP contribution in [0, 0.1) is 0 Å². The summed E-state index contributed by atoms with van der Waals surface area (Å²) in [6.45, 7) is 14.8. The van der Waals surface area contributed by atoms with Crippen molar-refractivity contribution in [1.82, 2.24) is 14.9 Å². The van der Waals surface area contributed by atoms with Crippen molar-refractivity contribution in [3.8, 4) is 0 Å². The number of aromatic nitrogens is 2. The van der Waals surface area contributed by atoms with Gasteiger partial charge in [0.05, 0.1) is 11.2 Å². The third kappa shape index (κ3) is 4.38. The molecule has 1 amide bonds. The summed E-state index contributed by atoms with van der Waals surface area (Å²) in [4.78, 5) is 22.9. The zero-order valence-electron chi connectivity index (χ0n) is 17.9. The van der Waals surface area contributed by atoms with Crippen molar-refractivity contribution in [3.05, 3.63) is 24.3 Å². The molecule has 0 radical (unpaired) electrons. The molecule has 0 atom stereocenters. The third-order valence-corrected chi connectivity index (χ3v) is 5.35. The van der Waals surface area contributed by atoms with E-state index in [2.05, 4.69) is 9.97 Å². The highest BCUT2D eigenvalue weighted by Crippen LogP contribution is 2.36. The zero-order valence-corrected chi connectivity index (χ0v) is 17.9. The molecular weight excluding hydrogens is 357 g/mol. The molecule has 1 saturated heterocycles. The highest BCUT2D eigenvalue weighted by Gasteiger charge is 2.52. The molecule has 1 aromatic rings. The summed E-state index contributed by atoms with van der Waals surface area (Å²) in [7, 11) is -0.470. The lowest BCUT2D eigenvalue weighted by molar-refractivity contribution is 0.00578. The van der Waals surface area contributed by atoms with E-state index in [-0.39, 0.29) is 6.09 Å². The lowest BCUT2D eigenvalue weighted by Crippen LogP contribution is -2.41. The Labute approximate surface area is 167 Å². The van der Waals surface area contributed by atoms with Crippen LogP contribution in [0.5, 0.6) is 0 Å². The minimum atomic E-state index is -0.493. The van der Waals surface area contributed by atoms with Crippen molar-refractivity contribution in [1.29, 1.82) is 0 Å². The molecule has 0 aliphatic carbocycles. The molecule has 0 saturated carbocycles. The molecule has 1 aromatic heterocycles. The van der Waals surface area contributed by atoms with Gasteiger partial charge in [0.25, 0.3) is 0 Å². The van der Waals surface area contributed by atoms with Crippen molar-refractivity contribution in [2.24, 2.45) is 0 Å². The third-order valence-electron chi connectivity index (χ3n) is 5.35. The normalized spacial score (nSPS) is 21.5. The lowest BCUT2D eigenvalue weighted by Gasteiger charge is -2.32. The summed E-state index contributed by atoms with van der Waals surface area (Å²) >= 11 is 0. The molecule has 0 bridgehead atoms. The van der Waals surface area contributed by atoms with E-state index in [0.717, 1.165) is 11.0 Å². The molecule has 28 heavy (non-hydrogen) atoms. The van der Waals surface area contributed by atoms with E-state index in [9.17, 15) is 4.79 Å². The van der Waals surface area contributed by atoms with Crippen LogP contribution < -0.4 is 5.46 Å². The largest absolute Gasteiger partial charge is 0.498 e. The second-order valence-corrected chi connectivity index (χ2v) is 9.33. The van der Waals surface area contributed by atoms with E-state index in [0.29, 0.717) is 25.3 Å². The summed E-state index contributed by atoms with van der Waals surface area (Å²) < 4.78 is 17.5. The van der Waals surface area contributed by atoms with Crippen LogP contribution in [0.3, 0.4) is 0 Å². The Bertz CT molecular complexity index is 753. The Balaban J connectivity index is 1.64. The van der Waals surface area contributed by atoms with E-state index < -0.39 is 23.9 Å². The maximum atomic E-state index is 12.2. The predicted molar refractivity (Wildman–Crippen MR) is 108 cm³/mol. The molecule has 1 fully saturated rings. The number of rotatable bonds is 2. The maximum Gasteiger partial charge on any atom is 0.498 e. The van der Waals surface area contributed by atoms with Crippen molar-refractivity contribution < 1.29 is 18.8 Å². The minimum Gasteiger partial charge on any atom is -0.444 e. The van der Waals surface area contributed by atoms with Gasteiger partial charge in [-0.2, -0.15) is 0 Å². The van der Waals surface area contributed by atoms with Gasteiger partial charge >= 0.3 is 13.2 Å². The Morgan fingerprint density at radius 3 is 2.18 bits per heavy atom. The van der Waals surface area contributed by atoms with Crippen LogP contribution in [0.4, 0.5) is 4.79 Å². The van der Waals surface area contributed by atoms with Crippen LogP contribution in [-0.2, 0) is 14.0 Å². The van der Waals surface area contributed by atoms with E-state index in [4.69, 9.17) is 14.0 Å². The molecule has 0 unspecified atom stereocenters. The van der Waals surface area contributed by atoms with Crippen LogP contribution in [0.2, 0.25) is 0 Å². The highest BCUT2D eigenvalue weighted by molar-refractivity contribution is 6.61. The number of ether oxygens (including phenoxy) is 1. The van der Waals surface area contributed by atoms with Gasteiger partial charge in [-0.25, -0.2) is 14.8 Å².